The number of hydrogen-bond acceptors (Lipinski definition) is 4. The van der Waals surface area contributed by atoms with Gasteiger partial charge >= 0.3 is 0 Å². The van der Waals surface area contributed by atoms with E-state index < -0.39 is 10.0 Å². The van der Waals surface area contributed by atoms with Crippen LogP contribution in [0.1, 0.15) is 43.6 Å². The molecule has 5 nitrogen and oxygen atoms in total. The smallest absolute Gasteiger partial charge is 0.243 e. The lowest BCUT2D eigenvalue weighted by molar-refractivity contribution is 0.00450. The van der Waals surface area contributed by atoms with E-state index in [-0.39, 0.29) is 6.10 Å². The van der Waals surface area contributed by atoms with E-state index in [1.165, 1.54) is 42.0 Å². The maximum absolute atomic E-state index is 12.8. The minimum absolute atomic E-state index is 0.208. The van der Waals surface area contributed by atoms with Crippen LogP contribution in [-0.2, 0) is 14.8 Å². The van der Waals surface area contributed by atoms with Crippen LogP contribution in [0.2, 0.25) is 0 Å². The third-order valence-electron chi connectivity index (χ3n) is 4.96. The summed E-state index contributed by atoms with van der Waals surface area (Å²) in [4.78, 5) is 0.370. The van der Waals surface area contributed by atoms with Gasteiger partial charge in [0.2, 0.25) is 10.0 Å². The number of nitrogens with two attached hydrogens (primary N) is 1. The predicted molar refractivity (Wildman–Crippen MR) is 89.8 cm³/mol. The Hall–Kier alpha value is -0.950. The summed E-state index contributed by atoms with van der Waals surface area (Å²) < 4.78 is 32.5. The van der Waals surface area contributed by atoms with Crippen LogP contribution in [0.25, 0.3) is 0 Å². The second-order valence-corrected chi connectivity index (χ2v) is 8.43. The highest BCUT2D eigenvalue weighted by Crippen LogP contribution is 2.33. The van der Waals surface area contributed by atoms with Gasteiger partial charge in [-0.05, 0) is 36.5 Å². The molecule has 2 aliphatic rings. The van der Waals surface area contributed by atoms with E-state index in [4.69, 9.17) is 10.5 Å². The van der Waals surface area contributed by atoms with Gasteiger partial charge in [0.05, 0.1) is 17.6 Å². The van der Waals surface area contributed by atoms with Crippen LogP contribution in [0, 0.1) is 0 Å². The Bertz CT molecular complexity index is 609. The molecule has 0 amide bonds. The average Bonchev–Trinajstić information content (AvgIpc) is 2.62. The fourth-order valence-corrected chi connectivity index (χ4v) is 5.01. The normalized spacial score (nSPS) is 24.7. The van der Waals surface area contributed by atoms with Crippen LogP contribution >= 0.6 is 0 Å². The zero-order valence-electron chi connectivity index (χ0n) is 13.5. The molecule has 1 saturated heterocycles. The number of benzene rings is 1. The molecule has 23 heavy (non-hydrogen) atoms. The third-order valence-corrected chi connectivity index (χ3v) is 6.84. The largest absolute Gasteiger partial charge is 0.374 e. The highest BCUT2D eigenvalue weighted by molar-refractivity contribution is 7.89. The summed E-state index contributed by atoms with van der Waals surface area (Å²) in [6.45, 7) is 1.47. The molecule has 1 aliphatic carbocycles. The van der Waals surface area contributed by atoms with E-state index in [2.05, 4.69) is 0 Å². The van der Waals surface area contributed by atoms with Crippen molar-refractivity contribution in [2.75, 3.05) is 26.2 Å². The van der Waals surface area contributed by atoms with E-state index in [9.17, 15) is 8.42 Å². The van der Waals surface area contributed by atoms with Gasteiger partial charge in [0.1, 0.15) is 0 Å². The summed E-state index contributed by atoms with van der Waals surface area (Å²) in [5, 5.41) is 0. The van der Waals surface area contributed by atoms with Crippen molar-refractivity contribution in [3.8, 4) is 0 Å². The van der Waals surface area contributed by atoms with Crippen LogP contribution in [0.3, 0.4) is 0 Å². The Morgan fingerprint density at radius 3 is 2.48 bits per heavy atom. The first kappa shape index (κ1) is 16.9. The minimum Gasteiger partial charge on any atom is -0.374 e. The first-order chi connectivity index (χ1) is 11.1. The summed E-state index contributed by atoms with van der Waals surface area (Å²) in [6, 6.07) is 7.49. The molecule has 0 bridgehead atoms. The SMILES string of the molecule is NCC1CN(S(=O)(=O)c2ccc(C3CCCCC3)cc2)CCO1. The fourth-order valence-electron chi connectivity index (χ4n) is 3.55. The van der Waals surface area contributed by atoms with Gasteiger partial charge in [-0.2, -0.15) is 4.31 Å². The van der Waals surface area contributed by atoms with Gasteiger partial charge in [-0.1, -0.05) is 31.4 Å². The lowest BCUT2D eigenvalue weighted by atomic mass is 9.84. The number of hydrogen-bond donors (Lipinski definition) is 1. The van der Waals surface area contributed by atoms with Crippen molar-refractivity contribution < 1.29 is 13.2 Å². The van der Waals surface area contributed by atoms with E-state index in [1.54, 1.807) is 12.1 Å². The van der Waals surface area contributed by atoms with Gasteiger partial charge < -0.3 is 10.5 Å². The first-order valence-corrected chi connectivity index (χ1v) is 9.97. The second kappa shape index (κ2) is 7.30. The van der Waals surface area contributed by atoms with Gasteiger partial charge in [0, 0.05) is 19.6 Å². The molecule has 128 valence electrons. The van der Waals surface area contributed by atoms with Crippen LogP contribution in [0.4, 0.5) is 0 Å². The molecule has 0 spiro atoms. The van der Waals surface area contributed by atoms with E-state index in [1.807, 2.05) is 12.1 Å². The summed E-state index contributed by atoms with van der Waals surface area (Å²) in [5.74, 6) is 0.588. The van der Waals surface area contributed by atoms with E-state index >= 15 is 0 Å². The van der Waals surface area contributed by atoms with Crippen molar-refractivity contribution in [1.29, 1.82) is 0 Å². The Morgan fingerprint density at radius 1 is 1.13 bits per heavy atom. The quantitative estimate of drug-likeness (QED) is 0.912. The Kier molecular flexibility index (Phi) is 5.36. The predicted octanol–water partition coefficient (Wildman–Crippen LogP) is 2.08. The van der Waals surface area contributed by atoms with Crippen molar-refractivity contribution in [3.05, 3.63) is 29.8 Å². The van der Waals surface area contributed by atoms with Crippen molar-refractivity contribution in [3.63, 3.8) is 0 Å². The molecular weight excluding hydrogens is 312 g/mol. The molecule has 6 heteroatoms. The first-order valence-electron chi connectivity index (χ1n) is 8.53. The maximum Gasteiger partial charge on any atom is 0.243 e. The zero-order chi connectivity index (χ0) is 16.3. The van der Waals surface area contributed by atoms with Gasteiger partial charge in [-0.15, -0.1) is 0 Å². The number of rotatable bonds is 4. The summed E-state index contributed by atoms with van der Waals surface area (Å²) in [7, 11) is -3.45. The number of nitrogens with zero attached hydrogens (tertiary/aromatic N) is 1. The van der Waals surface area contributed by atoms with Gasteiger partial charge in [0.25, 0.3) is 0 Å². The summed E-state index contributed by atoms with van der Waals surface area (Å²) in [6.07, 6.45) is 6.10. The van der Waals surface area contributed by atoms with Crippen molar-refractivity contribution >= 4 is 10.0 Å². The molecule has 1 heterocycles. The third kappa shape index (κ3) is 3.76. The van der Waals surface area contributed by atoms with Crippen molar-refractivity contribution in [1.82, 2.24) is 4.31 Å². The Morgan fingerprint density at radius 2 is 1.83 bits per heavy atom. The monoisotopic (exact) mass is 338 g/mol. The molecule has 1 saturated carbocycles. The van der Waals surface area contributed by atoms with Crippen LogP contribution in [-0.4, -0.2) is 45.1 Å². The summed E-state index contributed by atoms with van der Waals surface area (Å²) >= 11 is 0. The van der Waals surface area contributed by atoms with Gasteiger partial charge in [-0.3, -0.25) is 0 Å². The highest BCUT2D eigenvalue weighted by atomic mass is 32.2. The van der Waals surface area contributed by atoms with E-state index in [0.717, 1.165) is 0 Å². The molecule has 1 aliphatic heterocycles. The number of sulfonamides is 1. The molecule has 1 unspecified atom stereocenters. The van der Waals surface area contributed by atoms with Crippen molar-refractivity contribution in [2.24, 2.45) is 5.73 Å². The van der Waals surface area contributed by atoms with Crippen LogP contribution in [0.5, 0.6) is 0 Å². The van der Waals surface area contributed by atoms with Crippen molar-refractivity contribution in [2.45, 2.75) is 49.0 Å². The molecular formula is C17H26N2O3S. The molecule has 3 rings (SSSR count). The number of ether oxygens (including phenoxy) is 1. The molecule has 1 aromatic carbocycles. The lowest BCUT2D eigenvalue weighted by Gasteiger charge is -2.31. The highest BCUT2D eigenvalue weighted by Gasteiger charge is 2.30. The molecule has 2 fully saturated rings. The molecule has 0 aromatic heterocycles. The van der Waals surface area contributed by atoms with Gasteiger partial charge in [0.15, 0.2) is 0 Å². The van der Waals surface area contributed by atoms with E-state index in [0.29, 0.717) is 37.1 Å². The van der Waals surface area contributed by atoms with Gasteiger partial charge in [-0.25, -0.2) is 8.42 Å². The minimum atomic E-state index is -3.45. The molecule has 0 radical (unpaired) electrons. The molecule has 2 N–H and O–H groups in total. The Labute approximate surface area is 138 Å². The fraction of sp³-hybridized carbons (Fsp3) is 0.647. The lowest BCUT2D eigenvalue weighted by Crippen LogP contribution is -2.48. The van der Waals surface area contributed by atoms with Crippen LogP contribution < -0.4 is 5.73 Å². The summed E-state index contributed by atoms with van der Waals surface area (Å²) in [5.41, 5.74) is 6.87. The maximum atomic E-state index is 12.8. The second-order valence-electron chi connectivity index (χ2n) is 6.50. The molecule has 1 aromatic rings. The number of morpholine rings is 1. The molecule has 1 atom stereocenters. The Balaban J connectivity index is 1.74. The standard InChI is InChI=1S/C17H26N2O3S/c18-12-16-13-19(10-11-22-16)23(20,21)17-8-6-15(7-9-17)14-4-2-1-3-5-14/h6-9,14,16H,1-5,10-13,18H2. The van der Waals surface area contributed by atoms with Crippen LogP contribution in [0.15, 0.2) is 29.2 Å². The topological polar surface area (TPSA) is 72.6 Å². The zero-order valence-corrected chi connectivity index (χ0v) is 14.3. The average molecular weight is 338 g/mol.